The maximum absolute atomic E-state index is 10.9. The fraction of sp³-hybridized carbons (Fsp3) is 0.269. The van der Waals surface area contributed by atoms with Gasteiger partial charge in [0.2, 0.25) is 0 Å². The molecule has 2 aromatic heterocycles. The second-order valence-electron chi connectivity index (χ2n) is 7.72. The number of carbonyl (C=O) groups is 1. The molecule has 0 unspecified atom stereocenters. The Morgan fingerprint density at radius 3 is 2.34 bits per heavy atom. The number of hydrogen-bond acceptors (Lipinski definition) is 6. The van der Waals surface area contributed by atoms with E-state index in [1.807, 2.05) is 42.6 Å². The highest BCUT2D eigenvalue weighted by Gasteiger charge is 2.15. The van der Waals surface area contributed by atoms with E-state index < -0.39 is 12.6 Å². The number of aryl methyl sites for hydroxylation is 1. The molecular formula is C26H28Cl2N2O5. The summed E-state index contributed by atoms with van der Waals surface area (Å²) in [4.78, 5) is 20.5. The summed E-state index contributed by atoms with van der Waals surface area (Å²) < 4.78 is 16.5. The number of benzene rings is 2. The first kappa shape index (κ1) is 28.0. The summed E-state index contributed by atoms with van der Waals surface area (Å²) in [6, 6.07) is 13.4. The molecule has 0 atom stereocenters. The molecule has 0 fully saturated rings. The average Bonchev–Trinajstić information content (AvgIpc) is 2.83. The van der Waals surface area contributed by atoms with Crippen molar-refractivity contribution in [3.63, 3.8) is 0 Å². The molecule has 4 rings (SSSR count). The van der Waals surface area contributed by atoms with Crippen LogP contribution >= 0.6 is 24.8 Å². The molecule has 0 amide bonds. The van der Waals surface area contributed by atoms with Crippen LogP contribution in [-0.4, -0.2) is 41.9 Å². The fourth-order valence-electron chi connectivity index (χ4n) is 3.97. The number of nitrogens with zero attached hydrogens (tertiary/aromatic N) is 2. The van der Waals surface area contributed by atoms with Gasteiger partial charge in [0.15, 0.2) is 18.1 Å². The molecule has 0 saturated heterocycles. The van der Waals surface area contributed by atoms with E-state index in [-0.39, 0.29) is 24.8 Å². The minimum absolute atomic E-state index is 0. The summed E-state index contributed by atoms with van der Waals surface area (Å²) in [5.41, 5.74) is 3.50. The average molecular weight is 519 g/mol. The van der Waals surface area contributed by atoms with Crippen molar-refractivity contribution in [1.82, 2.24) is 9.97 Å². The predicted molar refractivity (Wildman–Crippen MR) is 141 cm³/mol. The minimum atomic E-state index is -1.03. The van der Waals surface area contributed by atoms with Crippen molar-refractivity contribution in [2.45, 2.75) is 26.2 Å². The van der Waals surface area contributed by atoms with Crippen molar-refractivity contribution in [3.8, 4) is 17.2 Å². The number of aliphatic carboxylic acids is 1. The zero-order valence-electron chi connectivity index (χ0n) is 19.7. The Morgan fingerprint density at radius 1 is 0.971 bits per heavy atom. The lowest BCUT2D eigenvalue weighted by Crippen LogP contribution is -2.10. The first-order valence-electron chi connectivity index (χ1n) is 10.8. The predicted octanol–water partition coefficient (Wildman–Crippen LogP) is 5.65. The lowest BCUT2D eigenvalue weighted by molar-refractivity contribution is -0.139. The normalized spacial score (nSPS) is 10.4. The number of pyridine rings is 2. The second kappa shape index (κ2) is 12.4. The number of hydrogen-bond donors (Lipinski definition) is 1. The van der Waals surface area contributed by atoms with Crippen molar-refractivity contribution >= 4 is 52.5 Å². The molecule has 0 aliphatic heterocycles. The molecule has 186 valence electrons. The van der Waals surface area contributed by atoms with Crippen LogP contribution in [0.5, 0.6) is 17.2 Å². The van der Waals surface area contributed by atoms with Gasteiger partial charge < -0.3 is 19.3 Å². The Bertz CT molecular complexity index is 1330. The van der Waals surface area contributed by atoms with Crippen molar-refractivity contribution in [3.05, 3.63) is 65.6 Å². The second-order valence-corrected chi connectivity index (χ2v) is 7.72. The molecule has 2 heterocycles. The van der Waals surface area contributed by atoms with Gasteiger partial charge in [-0.15, -0.1) is 24.8 Å². The van der Waals surface area contributed by atoms with Crippen LogP contribution in [0.25, 0.3) is 21.7 Å². The van der Waals surface area contributed by atoms with Crippen molar-refractivity contribution in [1.29, 1.82) is 0 Å². The Morgan fingerprint density at radius 2 is 1.69 bits per heavy atom. The van der Waals surface area contributed by atoms with Gasteiger partial charge in [-0.1, -0.05) is 31.5 Å². The molecule has 2 aromatic carbocycles. The van der Waals surface area contributed by atoms with Crippen LogP contribution in [0.3, 0.4) is 0 Å². The first-order valence-corrected chi connectivity index (χ1v) is 10.8. The molecule has 0 saturated carbocycles. The Hall–Kier alpha value is -3.29. The summed E-state index contributed by atoms with van der Waals surface area (Å²) in [6.45, 7) is 1.71. The standard InChI is InChI=1S/C26H26N2O5.2ClH/c1-4-6-21-20-13-24(32-3)23(31-2)12-19(20)17(14-27-21)11-18-10-9-16-7-5-8-22(26(16)28-18)33-15-25(29)30;;/h5,7-10,12-14H,4,6,11,15H2,1-3H3,(H,29,30);2*1H. The SMILES string of the molecule is CCCc1ncc(Cc2ccc3cccc(OCC(=O)O)c3n2)c2cc(OC)c(OC)cc12.Cl.Cl. The molecule has 4 aromatic rings. The van der Waals surface area contributed by atoms with E-state index in [0.717, 1.165) is 46.0 Å². The van der Waals surface area contributed by atoms with Crippen molar-refractivity contribution < 1.29 is 24.1 Å². The van der Waals surface area contributed by atoms with Crippen LogP contribution in [0.4, 0.5) is 0 Å². The topological polar surface area (TPSA) is 90.8 Å². The molecule has 0 spiro atoms. The number of rotatable bonds is 9. The Kier molecular flexibility index (Phi) is 9.92. The maximum Gasteiger partial charge on any atom is 0.341 e. The van der Waals surface area contributed by atoms with Gasteiger partial charge >= 0.3 is 5.97 Å². The van der Waals surface area contributed by atoms with Gasteiger partial charge in [-0.2, -0.15) is 0 Å². The molecule has 0 bridgehead atoms. The zero-order chi connectivity index (χ0) is 23.4. The van der Waals surface area contributed by atoms with E-state index in [4.69, 9.17) is 29.3 Å². The number of halogens is 2. The number of ether oxygens (including phenoxy) is 3. The highest BCUT2D eigenvalue weighted by atomic mass is 35.5. The van der Waals surface area contributed by atoms with Crippen molar-refractivity contribution in [2.75, 3.05) is 20.8 Å². The van der Waals surface area contributed by atoms with Gasteiger partial charge in [-0.25, -0.2) is 9.78 Å². The molecule has 7 nitrogen and oxygen atoms in total. The number of methoxy groups -OCH3 is 2. The first-order chi connectivity index (χ1) is 16.0. The molecule has 0 radical (unpaired) electrons. The van der Waals surface area contributed by atoms with Gasteiger partial charge in [-0.3, -0.25) is 4.98 Å². The summed E-state index contributed by atoms with van der Waals surface area (Å²) >= 11 is 0. The molecule has 0 aliphatic rings. The monoisotopic (exact) mass is 518 g/mol. The summed E-state index contributed by atoms with van der Waals surface area (Å²) in [5, 5.41) is 11.9. The highest BCUT2D eigenvalue weighted by molar-refractivity contribution is 5.91. The zero-order valence-corrected chi connectivity index (χ0v) is 21.4. The van der Waals surface area contributed by atoms with E-state index in [1.54, 1.807) is 20.3 Å². The number of para-hydroxylation sites is 1. The van der Waals surface area contributed by atoms with Crippen LogP contribution in [0.15, 0.2) is 48.7 Å². The van der Waals surface area contributed by atoms with Crippen LogP contribution in [0.2, 0.25) is 0 Å². The van der Waals surface area contributed by atoms with Gasteiger partial charge in [0.25, 0.3) is 0 Å². The number of aromatic nitrogens is 2. The van der Waals surface area contributed by atoms with Crippen LogP contribution in [0, 0.1) is 0 Å². The largest absolute Gasteiger partial charge is 0.493 e. The Labute approximate surface area is 216 Å². The lowest BCUT2D eigenvalue weighted by Gasteiger charge is -2.15. The third-order valence-electron chi connectivity index (χ3n) is 5.51. The molecule has 35 heavy (non-hydrogen) atoms. The smallest absolute Gasteiger partial charge is 0.341 e. The summed E-state index contributed by atoms with van der Waals surface area (Å²) in [6.07, 6.45) is 4.30. The van der Waals surface area contributed by atoms with E-state index in [0.29, 0.717) is 29.2 Å². The van der Waals surface area contributed by atoms with E-state index in [2.05, 4.69) is 6.92 Å². The summed E-state index contributed by atoms with van der Waals surface area (Å²) in [5.74, 6) is 0.753. The van der Waals surface area contributed by atoms with E-state index in [1.165, 1.54) is 0 Å². The minimum Gasteiger partial charge on any atom is -0.493 e. The number of carboxylic acids is 1. The molecule has 1 N–H and O–H groups in total. The molecular weight excluding hydrogens is 491 g/mol. The third-order valence-corrected chi connectivity index (χ3v) is 5.51. The van der Waals surface area contributed by atoms with Gasteiger partial charge in [0.1, 0.15) is 11.3 Å². The summed E-state index contributed by atoms with van der Waals surface area (Å²) in [7, 11) is 3.25. The quantitative estimate of drug-likeness (QED) is 0.306. The van der Waals surface area contributed by atoms with Crippen molar-refractivity contribution in [2.24, 2.45) is 0 Å². The van der Waals surface area contributed by atoms with Gasteiger partial charge in [-0.05, 0) is 41.6 Å². The van der Waals surface area contributed by atoms with E-state index >= 15 is 0 Å². The van der Waals surface area contributed by atoms with E-state index in [9.17, 15) is 4.79 Å². The molecule has 0 aliphatic carbocycles. The van der Waals surface area contributed by atoms with Crippen LogP contribution < -0.4 is 14.2 Å². The fourth-order valence-corrected chi connectivity index (χ4v) is 3.97. The third kappa shape index (κ3) is 6.05. The van der Waals surface area contributed by atoms with Crippen LogP contribution in [0.1, 0.15) is 30.3 Å². The van der Waals surface area contributed by atoms with Crippen LogP contribution in [-0.2, 0) is 17.6 Å². The lowest BCUT2D eigenvalue weighted by atomic mass is 9.99. The number of carboxylic acid groups (broad SMARTS) is 1. The highest BCUT2D eigenvalue weighted by Crippen LogP contribution is 2.36. The van der Waals surface area contributed by atoms with Gasteiger partial charge in [0.05, 0.1) is 14.2 Å². The maximum atomic E-state index is 10.9. The molecule has 9 heteroatoms. The van der Waals surface area contributed by atoms with Gasteiger partial charge in [0, 0.05) is 34.8 Å². The number of fused-ring (bicyclic) bond motifs is 2. The Balaban J connectivity index is 0.00000216.